The lowest BCUT2D eigenvalue weighted by Gasteiger charge is -2.35. The van der Waals surface area contributed by atoms with Crippen molar-refractivity contribution in [1.29, 1.82) is 0 Å². The first-order valence-corrected chi connectivity index (χ1v) is 7.19. The van der Waals surface area contributed by atoms with Gasteiger partial charge in [-0.05, 0) is 38.0 Å². The lowest BCUT2D eigenvalue weighted by molar-refractivity contribution is -0.137. The second kappa shape index (κ2) is 7.74. The van der Waals surface area contributed by atoms with Crippen molar-refractivity contribution in [2.45, 2.75) is 51.5 Å². The number of nitrogens with two attached hydrogens (primary N) is 1. The number of rotatable bonds is 6. The lowest BCUT2D eigenvalue weighted by atomic mass is 9.76. The first kappa shape index (κ1) is 15.4. The fourth-order valence-corrected chi connectivity index (χ4v) is 2.89. The molecule has 0 aromatic heterocycles. The molecule has 1 aliphatic rings. The highest BCUT2D eigenvalue weighted by molar-refractivity contribution is 5.79. The lowest BCUT2D eigenvalue weighted by Crippen LogP contribution is -2.48. The highest BCUT2D eigenvalue weighted by atomic mass is 16.2. The molecule has 1 saturated carbocycles. The Labute approximate surface area is 111 Å². The van der Waals surface area contributed by atoms with Crippen LogP contribution in [0.5, 0.6) is 0 Å². The number of amides is 1. The normalized spacial score (nSPS) is 28.1. The predicted molar refractivity (Wildman–Crippen MR) is 73.1 cm³/mol. The molecule has 0 heterocycles. The molecule has 0 aromatic carbocycles. The Hall–Kier alpha value is -0.610. The molecule has 1 fully saturated rings. The zero-order chi connectivity index (χ0) is 13.5. The maximum Gasteiger partial charge on any atom is 0.227 e. The molecular weight excluding hydrogens is 228 g/mol. The minimum atomic E-state index is 0.00147. The van der Waals surface area contributed by atoms with Crippen molar-refractivity contribution in [1.82, 2.24) is 4.90 Å². The highest BCUT2D eigenvalue weighted by Gasteiger charge is 2.35. The zero-order valence-electron chi connectivity index (χ0n) is 11.8. The van der Waals surface area contributed by atoms with Gasteiger partial charge < -0.3 is 15.7 Å². The Kier molecular flexibility index (Phi) is 6.65. The van der Waals surface area contributed by atoms with Crippen LogP contribution in [0.3, 0.4) is 0 Å². The second-order valence-corrected chi connectivity index (χ2v) is 5.64. The number of nitrogens with zero attached hydrogens (tertiary/aromatic N) is 1. The molecule has 0 aromatic rings. The first-order chi connectivity index (χ1) is 8.57. The van der Waals surface area contributed by atoms with E-state index in [0.29, 0.717) is 5.92 Å². The Morgan fingerprint density at radius 1 is 1.33 bits per heavy atom. The molecule has 4 nitrogen and oxygen atoms in total. The van der Waals surface area contributed by atoms with Crippen LogP contribution in [-0.4, -0.2) is 42.2 Å². The van der Waals surface area contributed by atoms with E-state index in [9.17, 15) is 4.79 Å². The van der Waals surface area contributed by atoms with Gasteiger partial charge in [-0.1, -0.05) is 13.3 Å². The molecule has 106 valence electrons. The van der Waals surface area contributed by atoms with E-state index in [1.54, 1.807) is 0 Å². The monoisotopic (exact) mass is 256 g/mol. The topological polar surface area (TPSA) is 66.6 Å². The van der Waals surface area contributed by atoms with Crippen LogP contribution < -0.4 is 5.73 Å². The van der Waals surface area contributed by atoms with Gasteiger partial charge in [0.1, 0.15) is 0 Å². The number of hydrogen-bond acceptors (Lipinski definition) is 3. The molecule has 18 heavy (non-hydrogen) atoms. The molecular formula is C14H28N2O2. The van der Waals surface area contributed by atoms with E-state index in [1.807, 2.05) is 11.9 Å². The van der Waals surface area contributed by atoms with Crippen molar-refractivity contribution in [2.24, 2.45) is 17.6 Å². The summed E-state index contributed by atoms with van der Waals surface area (Å²) >= 11 is 0. The average molecular weight is 256 g/mol. The summed E-state index contributed by atoms with van der Waals surface area (Å²) in [6, 6.07) is 0.0288. The molecule has 1 amide bonds. The Morgan fingerprint density at radius 3 is 2.67 bits per heavy atom. The van der Waals surface area contributed by atoms with E-state index in [0.717, 1.165) is 45.1 Å². The Bertz CT molecular complexity index is 248. The molecule has 1 aliphatic carbocycles. The molecule has 0 aliphatic heterocycles. The van der Waals surface area contributed by atoms with E-state index in [4.69, 9.17) is 10.8 Å². The van der Waals surface area contributed by atoms with Crippen LogP contribution >= 0.6 is 0 Å². The third-order valence-corrected chi connectivity index (χ3v) is 4.08. The van der Waals surface area contributed by atoms with Gasteiger partial charge in [0.05, 0.1) is 5.92 Å². The van der Waals surface area contributed by atoms with Crippen molar-refractivity contribution < 1.29 is 9.90 Å². The van der Waals surface area contributed by atoms with Gasteiger partial charge in [0.15, 0.2) is 0 Å². The number of aliphatic hydroxyl groups is 1. The van der Waals surface area contributed by atoms with Crippen molar-refractivity contribution in [3.8, 4) is 0 Å². The SMILES string of the molecule is CC1CCCC(N)C1C(=O)N(C)CCCCCO. The predicted octanol–water partition coefficient (Wildman–Crippen LogP) is 1.37. The highest BCUT2D eigenvalue weighted by Crippen LogP contribution is 2.30. The Balaban J connectivity index is 2.41. The average Bonchev–Trinajstić information content (AvgIpc) is 2.34. The smallest absolute Gasteiger partial charge is 0.227 e. The van der Waals surface area contributed by atoms with Gasteiger partial charge >= 0.3 is 0 Å². The largest absolute Gasteiger partial charge is 0.396 e. The quantitative estimate of drug-likeness (QED) is 0.705. The minimum Gasteiger partial charge on any atom is -0.396 e. The van der Waals surface area contributed by atoms with Crippen LogP contribution in [0.2, 0.25) is 0 Å². The number of unbranched alkanes of at least 4 members (excludes halogenated alkanes) is 2. The standard InChI is InChI=1S/C14H28N2O2/c1-11-7-6-8-12(15)13(11)14(18)16(2)9-4-3-5-10-17/h11-13,17H,3-10,15H2,1-2H3. The number of carbonyl (C=O) groups is 1. The summed E-state index contributed by atoms with van der Waals surface area (Å²) in [7, 11) is 1.87. The Morgan fingerprint density at radius 2 is 2.06 bits per heavy atom. The van der Waals surface area contributed by atoms with Gasteiger partial charge in [0.2, 0.25) is 5.91 Å². The van der Waals surface area contributed by atoms with Crippen LogP contribution in [0.1, 0.15) is 45.4 Å². The fraction of sp³-hybridized carbons (Fsp3) is 0.929. The fourth-order valence-electron chi connectivity index (χ4n) is 2.89. The van der Waals surface area contributed by atoms with E-state index in [1.165, 1.54) is 0 Å². The molecule has 0 bridgehead atoms. The summed E-state index contributed by atoms with van der Waals surface area (Å²) in [6.45, 7) is 3.15. The molecule has 0 spiro atoms. The van der Waals surface area contributed by atoms with Gasteiger partial charge in [0, 0.05) is 26.2 Å². The minimum absolute atomic E-state index is 0.00147. The third-order valence-electron chi connectivity index (χ3n) is 4.08. The number of hydrogen-bond donors (Lipinski definition) is 2. The first-order valence-electron chi connectivity index (χ1n) is 7.19. The van der Waals surface area contributed by atoms with E-state index in [-0.39, 0.29) is 24.5 Å². The van der Waals surface area contributed by atoms with Gasteiger partial charge in [-0.15, -0.1) is 0 Å². The summed E-state index contributed by atoms with van der Waals surface area (Å²) in [5.74, 6) is 0.612. The molecule has 3 unspecified atom stereocenters. The number of aliphatic hydroxyl groups excluding tert-OH is 1. The second-order valence-electron chi connectivity index (χ2n) is 5.64. The van der Waals surface area contributed by atoms with Gasteiger partial charge in [-0.25, -0.2) is 0 Å². The zero-order valence-corrected chi connectivity index (χ0v) is 11.8. The van der Waals surface area contributed by atoms with Crippen molar-refractivity contribution in [3.63, 3.8) is 0 Å². The maximum absolute atomic E-state index is 12.4. The van der Waals surface area contributed by atoms with Crippen LogP contribution in [-0.2, 0) is 4.79 Å². The van der Waals surface area contributed by atoms with Crippen LogP contribution in [0.4, 0.5) is 0 Å². The third kappa shape index (κ3) is 4.25. The molecule has 3 atom stereocenters. The summed E-state index contributed by atoms with van der Waals surface area (Å²) in [6.07, 6.45) is 5.98. The van der Waals surface area contributed by atoms with E-state index < -0.39 is 0 Å². The van der Waals surface area contributed by atoms with Crippen LogP contribution in [0, 0.1) is 11.8 Å². The molecule has 0 radical (unpaired) electrons. The molecule has 4 heteroatoms. The van der Waals surface area contributed by atoms with Crippen molar-refractivity contribution in [2.75, 3.05) is 20.2 Å². The van der Waals surface area contributed by atoms with Crippen molar-refractivity contribution >= 4 is 5.91 Å². The summed E-state index contributed by atoms with van der Waals surface area (Å²) in [5, 5.41) is 8.72. The summed E-state index contributed by atoms with van der Waals surface area (Å²) in [5.41, 5.74) is 6.10. The van der Waals surface area contributed by atoms with Gasteiger partial charge in [-0.2, -0.15) is 0 Å². The van der Waals surface area contributed by atoms with Crippen LogP contribution in [0.25, 0.3) is 0 Å². The van der Waals surface area contributed by atoms with Crippen molar-refractivity contribution in [3.05, 3.63) is 0 Å². The van der Waals surface area contributed by atoms with Gasteiger partial charge in [0.25, 0.3) is 0 Å². The van der Waals surface area contributed by atoms with E-state index >= 15 is 0 Å². The summed E-state index contributed by atoms with van der Waals surface area (Å²) < 4.78 is 0. The van der Waals surface area contributed by atoms with E-state index in [2.05, 4.69) is 6.92 Å². The number of carbonyl (C=O) groups excluding carboxylic acids is 1. The summed E-state index contributed by atoms with van der Waals surface area (Å²) in [4.78, 5) is 14.2. The molecule has 1 rings (SSSR count). The molecule has 0 saturated heterocycles. The van der Waals surface area contributed by atoms with Gasteiger partial charge in [-0.3, -0.25) is 4.79 Å². The van der Waals surface area contributed by atoms with Crippen LogP contribution in [0.15, 0.2) is 0 Å². The molecule has 3 N–H and O–H groups in total. The maximum atomic E-state index is 12.4.